The Kier molecular flexibility index (Phi) is 7.17. The SMILES string of the molecule is CCNC(=O)c1ccc(OC)c(S(=O)(=O)Nc2ccc(CC(=O)N3CCCC3)cc2)c1. The Labute approximate surface area is 182 Å². The summed E-state index contributed by atoms with van der Waals surface area (Å²) in [5, 5.41) is 2.64. The van der Waals surface area contributed by atoms with Crippen LogP contribution < -0.4 is 14.8 Å². The summed E-state index contributed by atoms with van der Waals surface area (Å²) in [6, 6.07) is 10.9. The van der Waals surface area contributed by atoms with Crippen LogP contribution in [-0.2, 0) is 21.2 Å². The molecule has 166 valence electrons. The molecule has 2 N–H and O–H groups in total. The van der Waals surface area contributed by atoms with Gasteiger partial charge in [0.25, 0.3) is 15.9 Å². The number of anilines is 1. The smallest absolute Gasteiger partial charge is 0.265 e. The normalized spacial score (nSPS) is 13.7. The number of nitrogens with one attached hydrogen (secondary N) is 2. The molecule has 1 aliphatic rings. The molecule has 0 unspecified atom stereocenters. The van der Waals surface area contributed by atoms with E-state index in [0.29, 0.717) is 12.2 Å². The van der Waals surface area contributed by atoms with Crippen LogP contribution >= 0.6 is 0 Å². The van der Waals surface area contributed by atoms with Gasteiger partial charge in [0, 0.05) is 30.9 Å². The molecule has 1 aliphatic heterocycles. The van der Waals surface area contributed by atoms with Crippen LogP contribution in [0, 0.1) is 0 Å². The third kappa shape index (κ3) is 5.55. The van der Waals surface area contributed by atoms with Crippen LogP contribution in [0.5, 0.6) is 5.75 Å². The summed E-state index contributed by atoms with van der Waals surface area (Å²) in [6.07, 6.45) is 2.36. The van der Waals surface area contributed by atoms with Crippen molar-refractivity contribution in [2.75, 3.05) is 31.5 Å². The highest BCUT2D eigenvalue weighted by Gasteiger charge is 2.22. The second-order valence-corrected chi connectivity index (χ2v) is 8.94. The van der Waals surface area contributed by atoms with Crippen molar-refractivity contribution in [2.45, 2.75) is 31.1 Å². The van der Waals surface area contributed by atoms with Gasteiger partial charge in [-0.3, -0.25) is 14.3 Å². The first-order chi connectivity index (χ1) is 14.8. The van der Waals surface area contributed by atoms with E-state index in [4.69, 9.17) is 4.74 Å². The zero-order valence-electron chi connectivity index (χ0n) is 17.7. The number of rotatable bonds is 8. The molecule has 8 nitrogen and oxygen atoms in total. The first-order valence-electron chi connectivity index (χ1n) is 10.2. The number of benzene rings is 2. The number of likely N-dealkylation sites (tertiary alicyclic amines) is 1. The number of methoxy groups -OCH3 is 1. The number of ether oxygens (including phenoxy) is 1. The molecule has 0 aromatic heterocycles. The highest BCUT2D eigenvalue weighted by atomic mass is 32.2. The average molecular weight is 446 g/mol. The van der Waals surface area contributed by atoms with Gasteiger partial charge in [0.1, 0.15) is 10.6 Å². The van der Waals surface area contributed by atoms with Crippen molar-refractivity contribution in [1.29, 1.82) is 0 Å². The summed E-state index contributed by atoms with van der Waals surface area (Å²) in [7, 11) is -2.64. The van der Waals surface area contributed by atoms with Crippen LogP contribution in [-0.4, -0.2) is 51.9 Å². The molecule has 2 aromatic carbocycles. The Hall–Kier alpha value is -3.07. The monoisotopic (exact) mass is 445 g/mol. The van der Waals surface area contributed by atoms with Crippen molar-refractivity contribution in [3.8, 4) is 5.75 Å². The van der Waals surface area contributed by atoms with E-state index < -0.39 is 10.0 Å². The molecule has 1 fully saturated rings. The van der Waals surface area contributed by atoms with Gasteiger partial charge in [0.05, 0.1) is 13.5 Å². The molecular weight excluding hydrogens is 418 g/mol. The van der Waals surface area contributed by atoms with Crippen LogP contribution in [0.15, 0.2) is 47.4 Å². The van der Waals surface area contributed by atoms with Crippen LogP contribution in [0.2, 0.25) is 0 Å². The molecule has 1 saturated heterocycles. The Balaban J connectivity index is 1.76. The molecule has 9 heteroatoms. The van der Waals surface area contributed by atoms with Crippen molar-refractivity contribution in [2.24, 2.45) is 0 Å². The maximum atomic E-state index is 13.0. The molecule has 2 aromatic rings. The number of carbonyl (C=O) groups is 2. The van der Waals surface area contributed by atoms with Gasteiger partial charge in [-0.15, -0.1) is 0 Å². The predicted octanol–water partition coefficient (Wildman–Crippen LogP) is 2.41. The third-order valence-corrected chi connectivity index (χ3v) is 6.48. The Morgan fingerprint density at radius 2 is 1.74 bits per heavy atom. The molecule has 1 heterocycles. The van der Waals surface area contributed by atoms with Gasteiger partial charge >= 0.3 is 0 Å². The molecule has 0 saturated carbocycles. The molecular formula is C22H27N3O5S. The zero-order chi connectivity index (χ0) is 22.4. The minimum absolute atomic E-state index is 0.0812. The fourth-order valence-corrected chi connectivity index (χ4v) is 4.70. The van der Waals surface area contributed by atoms with Crippen LogP contribution in [0.25, 0.3) is 0 Å². The lowest BCUT2D eigenvalue weighted by molar-refractivity contribution is -0.129. The molecule has 0 spiro atoms. The van der Waals surface area contributed by atoms with E-state index in [1.165, 1.54) is 25.3 Å². The Morgan fingerprint density at radius 3 is 2.35 bits per heavy atom. The summed E-state index contributed by atoms with van der Waals surface area (Å²) in [4.78, 5) is 26.1. The summed E-state index contributed by atoms with van der Waals surface area (Å²) in [5.41, 5.74) is 1.39. The summed E-state index contributed by atoms with van der Waals surface area (Å²) in [5.74, 6) is -0.153. The van der Waals surface area contributed by atoms with Gasteiger partial charge in [0.15, 0.2) is 0 Å². The minimum Gasteiger partial charge on any atom is -0.495 e. The predicted molar refractivity (Wildman–Crippen MR) is 118 cm³/mol. The number of amides is 2. The van der Waals surface area contributed by atoms with Gasteiger partial charge in [-0.25, -0.2) is 8.42 Å². The lowest BCUT2D eigenvalue weighted by atomic mass is 10.1. The van der Waals surface area contributed by atoms with Crippen molar-refractivity contribution in [3.05, 3.63) is 53.6 Å². The van der Waals surface area contributed by atoms with E-state index in [1.54, 1.807) is 31.2 Å². The quantitative estimate of drug-likeness (QED) is 0.649. The minimum atomic E-state index is -4.01. The Bertz CT molecular complexity index is 1050. The van der Waals surface area contributed by atoms with Crippen molar-refractivity contribution in [3.63, 3.8) is 0 Å². The third-order valence-electron chi connectivity index (χ3n) is 5.07. The number of hydrogen-bond donors (Lipinski definition) is 2. The van der Waals surface area contributed by atoms with Gasteiger partial charge in [-0.1, -0.05) is 12.1 Å². The van der Waals surface area contributed by atoms with Crippen LogP contribution in [0.1, 0.15) is 35.7 Å². The highest BCUT2D eigenvalue weighted by Crippen LogP contribution is 2.27. The largest absolute Gasteiger partial charge is 0.495 e. The first kappa shape index (κ1) is 22.6. The first-order valence-corrected chi connectivity index (χ1v) is 11.7. The zero-order valence-corrected chi connectivity index (χ0v) is 18.5. The summed E-state index contributed by atoms with van der Waals surface area (Å²) < 4.78 is 33.6. The van der Waals surface area contributed by atoms with E-state index in [0.717, 1.165) is 31.5 Å². The lowest BCUT2D eigenvalue weighted by Crippen LogP contribution is -2.29. The lowest BCUT2D eigenvalue weighted by Gasteiger charge is -2.15. The molecule has 0 bridgehead atoms. The van der Waals surface area contributed by atoms with E-state index in [1.807, 2.05) is 4.90 Å². The molecule has 0 atom stereocenters. The summed E-state index contributed by atoms with van der Waals surface area (Å²) >= 11 is 0. The molecule has 0 aliphatic carbocycles. The topological polar surface area (TPSA) is 105 Å². The maximum Gasteiger partial charge on any atom is 0.265 e. The number of nitrogens with zero attached hydrogens (tertiary/aromatic N) is 1. The molecule has 3 rings (SSSR count). The van der Waals surface area contributed by atoms with E-state index in [2.05, 4.69) is 10.0 Å². The maximum absolute atomic E-state index is 13.0. The second-order valence-electron chi connectivity index (χ2n) is 7.29. The van der Waals surface area contributed by atoms with E-state index >= 15 is 0 Å². The van der Waals surface area contributed by atoms with Crippen molar-refractivity contribution in [1.82, 2.24) is 10.2 Å². The summed E-state index contributed by atoms with van der Waals surface area (Å²) in [6.45, 7) is 3.81. The number of sulfonamides is 1. The van der Waals surface area contributed by atoms with Gasteiger partial charge in [-0.05, 0) is 55.7 Å². The Morgan fingerprint density at radius 1 is 1.06 bits per heavy atom. The van der Waals surface area contributed by atoms with Gasteiger partial charge < -0.3 is 15.0 Å². The standard InChI is InChI=1S/C22H27N3O5S/c1-3-23-22(27)17-8-11-19(30-2)20(15-17)31(28,29)24-18-9-6-16(7-10-18)14-21(26)25-12-4-5-13-25/h6-11,15,24H,3-5,12-14H2,1-2H3,(H,23,27). The average Bonchev–Trinajstić information content (AvgIpc) is 3.30. The van der Waals surface area contributed by atoms with E-state index in [9.17, 15) is 18.0 Å². The molecule has 2 amide bonds. The number of hydrogen-bond acceptors (Lipinski definition) is 5. The second kappa shape index (κ2) is 9.82. The van der Waals surface area contributed by atoms with Gasteiger partial charge in [-0.2, -0.15) is 0 Å². The molecule has 0 radical (unpaired) electrons. The van der Waals surface area contributed by atoms with Crippen LogP contribution in [0.3, 0.4) is 0 Å². The fourth-order valence-electron chi connectivity index (χ4n) is 3.44. The number of carbonyl (C=O) groups excluding carboxylic acids is 2. The van der Waals surface area contributed by atoms with Crippen molar-refractivity contribution < 1.29 is 22.7 Å². The molecule has 31 heavy (non-hydrogen) atoms. The highest BCUT2D eigenvalue weighted by molar-refractivity contribution is 7.92. The fraction of sp³-hybridized carbons (Fsp3) is 0.364. The van der Waals surface area contributed by atoms with E-state index in [-0.39, 0.29) is 34.4 Å². The van der Waals surface area contributed by atoms with Crippen LogP contribution in [0.4, 0.5) is 5.69 Å². The van der Waals surface area contributed by atoms with Gasteiger partial charge in [0.2, 0.25) is 5.91 Å². The van der Waals surface area contributed by atoms with Crippen molar-refractivity contribution >= 4 is 27.5 Å².